The first-order valence-electron chi connectivity index (χ1n) is 7.68. The lowest BCUT2D eigenvalue weighted by molar-refractivity contribution is -0.131. The Morgan fingerprint density at radius 3 is 2.33 bits per heavy atom. The molecule has 0 aliphatic carbocycles. The fourth-order valence-electron chi connectivity index (χ4n) is 2.23. The van der Waals surface area contributed by atoms with Crippen molar-refractivity contribution in [1.82, 2.24) is 5.32 Å². The van der Waals surface area contributed by atoms with Gasteiger partial charge in [-0.3, -0.25) is 4.79 Å². The molecule has 3 N–H and O–H groups in total. The van der Waals surface area contributed by atoms with E-state index in [-0.39, 0.29) is 11.9 Å². The molecule has 0 saturated heterocycles. The Bertz CT molecular complexity index is 430. The molecule has 21 heavy (non-hydrogen) atoms. The van der Waals surface area contributed by atoms with E-state index in [2.05, 4.69) is 5.32 Å². The van der Waals surface area contributed by atoms with Gasteiger partial charge in [0, 0.05) is 6.54 Å². The number of amides is 1. The molecule has 1 amide bonds. The topological polar surface area (TPSA) is 64.4 Å². The minimum absolute atomic E-state index is 0.0232. The van der Waals surface area contributed by atoms with Crippen molar-refractivity contribution in [2.45, 2.75) is 46.6 Å². The molecule has 0 heterocycles. The van der Waals surface area contributed by atoms with Crippen LogP contribution in [0.25, 0.3) is 0 Å². The summed E-state index contributed by atoms with van der Waals surface area (Å²) in [5, 5.41) is 3.01. The molecule has 0 saturated carbocycles. The van der Waals surface area contributed by atoms with E-state index in [9.17, 15) is 4.79 Å². The lowest BCUT2D eigenvalue weighted by Gasteiger charge is -2.30. The number of hydrogen-bond acceptors (Lipinski definition) is 3. The van der Waals surface area contributed by atoms with Crippen LogP contribution in [0.5, 0.6) is 5.75 Å². The molecule has 0 fully saturated rings. The summed E-state index contributed by atoms with van der Waals surface area (Å²) in [5.74, 6) is 0.841. The van der Waals surface area contributed by atoms with Crippen molar-refractivity contribution in [3.8, 4) is 5.75 Å². The van der Waals surface area contributed by atoms with Gasteiger partial charge in [0.2, 0.25) is 5.91 Å². The van der Waals surface area contributed by atoms with E-state index in [1.165, 1.54) is 5.56 Å². The first kappa shape index (κ1) is 17.5. The molecule has 118 valence electrons. The van der Waals surface area contributed by atoms with Crippen LogP contribution in [0.3, 0.4) is 0 Å². The van der Waals surface area contributed by atoms with E-state index in [0.717, 1.165) is 18.6 Å². The van der Waals surface area contributed by atoms with Crippen LogP contribution in [0.1, 0.15) is 39.2 Å². The molecule has 0 spiro atoms. The van der Waals surface area contributed by atoms with Gasteiger partial charge in [0.05, 0.1) is 11.5 Å². The fourth-order valence-corrected chi connectivity index (χ4v) is 2.23. The van der Waals surface area contributed by atoms with Crippen LogP contribution >= 0.6 is 0 Å². The third-order valence-corrected chi connectivity index (χ3v) is 4.12. The predicted octanol–water partition coefficient (Wildman–Crippen LogP) is 2.64. The lowest BCUT2D eigenvalue weighted by Crippen LogP contribution is -2.49. The molecule has 0 aromatic heterocycles. The Hall–Kier alpha value is -1.55. The summed E-state index contributed by atoms with van der Waals surface area (Å²) in [6, 6.07) is 7.83. The van der Waals surface area contributed by atoms with E-state index in [0.29, 0.717) is 13.2 Å². The van der Waals surface area contributed by atoms with Crippen molar-refractivity contribution < 1.29 is 9.53 Å². The van der Waals surface area contributed by atoms with Gasteiger partial charge in [0.25, 0.3) is 0 Å². The van der Waals surface area contributed by atoms with E-state index < -0.39 is 5.41 Å². The maximum Gasteiger partial charge on any atom is 0.227 e. The zero-order valence-corrected chi connectivity index (χ0v) is 13.6. The van der Waals surface area contributed by atoms with Crippen molar-refractivity contribution in [2.75, 3.05) is 13.2 Å². The standard InChI is InChI=1S/C17H28N2O2/c1-5-17(6-2,12-18)16(20)19-14(4)11-21-15-9-7-13(3)8-10-15/h7-10,14H,5-6,11-12,18H2,1-4H3,(H,19,20). The number of hydrogen-bond donors (Lipinski definition) is 2. The summed E-state index contributed by atoms with van der Waals surface area (Å²) >= 11 is 0. The average molecular weight is 292 g/mol. The summed E-state index contributed by atoms with van der Waals surface area (Å²) < 4.78 is 5.69. The first-order valence-corrected chi connectivity index (χ1v) is 7.68. The van der Waals surface area contributed by atoms with Gasteiger partial charge in [-0.05, 0) is 38.8 Å². The predicted molar refractivity (Wildman–Crippen MR) is 86.3 cm³/mol. The molecule has 1 aromatic carbocycles. The minimum Gasteiger partial charge on any atom is -0.491 e. The second-order valence-corrected chi connectivity index (χ2v) is 5.69. The highest BCUT2D eigenvalue weighted by atomic mass is 16.5. The number of nitrogens with two attached hydrogens (primary N) is 1. The molecule has 0 aliphatic heterocycles. The van der Waals surface area contributed by atoms with Gasteiger partial charge in [-0.2, -0.15) is 0 Å². The third-order valence-electron chi connectivity index (χ3n) is 4.12. The summed E-state index contributed by atoms with van der Waals surface area (Å²) in [6.45, 7) is 8.81. The van der Waals surface area contributed by atoms with Crippen molar-refractivity contribution >= 4 is 5.91 Å². The number of carbonyl (C=O) groups excluding carboxylic acids is 1. The maximum absolute atomic E-state index is 12.4. The second kappa shape index (κ2) is 8.03. The smallest absolute Gasteiger partial charge is 0.227 e. The summed E-state index contributed by atoms with van der Waals surface area (Å²) in [6.07, 6.45) is 1.49. The largest absolute Gasteiger partial charge is 0.491 e. The minimum atomic E-state index is -0.460. The van der Waals surface area contributed by atoms with Crippen LogP contribution in [0.2, 0.25) is 0 Å². The number of benzene rings is 1. The lowest BCUT2D eigenvalue weighted by atomic mass is 9.81. The van der Waals surface area contributed by atoms with Crippen molar-refractivity contribution in [1.29, 1.82) is 0 Å². The first-order chi connectivity index (χ1) is 9.97. The normalized spacial score (nSPS) is 12.8. The van der Waals surface area contributed by atoms with E-state index in [1.807, 2.05) is 52.0 Å². The van der Waals surface area contributed by atoms with E-state index in [4.69, 9.17) is 10.5 Å². The van der Waals surface area contributed by atoms with Crippen LogP contribution in [0.4, 0.5) is 0 Å². The van der Waals surface area contributed by atoms with Gasteiger partial charge in [-0.15, -0.1) is 0 Å². The monoisotopic (exact) mass is 292 g/mol. The number of rotatable bonds is 8. The number of aryl methyl sites for hydroxylation is 1. The Labute approximate surface area is 128 Å². The van der Waals surface area contributed by atoms with E-state index >= 15 is 0 Å². The summed E-state index contributed by atoms with van der Waals surface area (Å²) in [5.41, 5.74) is 6.53. The Balaban J connectivity index is 2.51. The highest BCUT2D eigenvalue weighted by molar-refractivity contribution is 5.83. The number of nitrogens with one attached hydrogen (secondary N) is 1. The van der Waals surface area contributed by atoms with Gasteiger partial charge < -0.3 is 15.8 Å². The van der Waals surface area contributed by atoms with Crippen LogP contribution in [-0.2, 0) is 4.79 Å². The van der Waals surface area contributed by atoms with Crippen LogP contribution in [0, 0.1) is 12.3 Å². The molecular weight excluding hydrogens is 264 g/mol. The molecule has 1 atom stereocenters. The molecule has 0 bridgehead atoms. The Morgan fingerprint density at radius 2 is 1.86 bits per heavy atom. The zero-order valence-electron chi connectivity index (χ0n) is 13.6. The maximum atomic E-state index is 12.4. The molecule has 0 aliphatic rings. The van der Waals surface area contributed by atoms with Crippen molar-refractivity contribution in [3.63, 3.8) is 0 Å². The average Bonchev–Trinajstić information content (AvgIpc) is 2.49. The van der Waals surface area contributed by atoms with Crippen molar-refractivity contribution in [2.24, 2.45) is 11.1 Å². The zero-order chi connectivity index (χ0) is 15.9. The second-order valence-electron chi connectivity index (χ2n) is 5.69. The van der Waals surface area contributed by atoms with Gasteiger partial charge in [-0.25, -0.2) is 0 Å². The molecule has 1 aromatic rings. The summed E-state index contributed by atoms with van der Waals surface area (Å²) in [4.78, 5) is 12.4. The molecular formula is C17H28N2O2. The van der Waals surface area contributed by atoms with Gasteiger partial charge in [0.15, 0.2) is 0 Å². The SMILES string of the molecule is CCC(CC)(CN)C(=O)NC(C)COc1ccc(C)cc1. The number of carbonyl (C=O) groups is 1. The molecule has 4 nitrogen and oxygen atoms in total. The quantitative estimate of drug-likeness (QED) is 0.774. The molecule has 0 radical (unpaired) electrons. The van der Waals surface area contributed by atoms with Gasteiger partial charge in [0.1, 0.15) is 12.4 Å². The van der Waals surface area contributed by atoms with Crippen LogP contribution in [0.15, 0.2) is 24.3 Å². The molecule has 4 heteroatoms. The Kier molecular flexibility index (Phi) is 6.69. The van der Waals surface area contributed by atoms with Gasteiger partial charge >= 0.3 is 0 Å². The van der Waals surface area contributed by atoms with Gasteiger partial charge in [-0.1, -0.05) is 31.5 Å². The molecule has 1 rings (SSSR count). The fraction of sp³-hybridized carbons (Fsp3) is 0.588. The number of ether oxygens (including phenoxy) is 1. The highest BCUT2D eigenvalue weighted by Gasteiger charge is 2.33. The molecule has 1 unspecified atom stereocenters. The third kappa shape index (κ3) is 4.74. The van der Waals surface area contributed by atoms with Crippen molar-refractivity contribution in [3.05, 3.63) is 29.8 Å². The van der Waals surface area contributed by atoms with E-state index in [1.54, 1.807) is 0 Å². The van der Waals surface area contributed by atoms with Crippen LogP contribution < -0.4 is 15.8 Å². The highest BCUT2D eigenvalue weighted by Crippen LogP contribution is 2.25. The summed E-state index contributed by atoms with van der Waals surface area (Å²) in [7, 11) is 0. The van der Waals surface area contributed by atoms with Crippen LogP contribution in [-0.4, -0.2) is 25.1 Å². The Morgan fingerprint density at radius 1 is 1.29 bits per heavy atom.